The Bertz CT molecular complexity index is 1060. The van der Waals surface area contributed by atoms with Crippen molar-refractivity contribution in [2.45, 2.75) is 35.3 Å². The molecule has 1 aliphatic carbocycles. The molecular formula is C21H21ClO7S. The van der Waals surface area contributed by atoms with E-state index in [4.69, 9.17) is 21.1 Å². The summed E-state index contributed by atoms with van der Waals surface area (Å²) in [6.07, 6.45) is 1.47. The van der Waals surface area contributed by atoms with E-state index < -0.39 is 26.5 Å². The van der Waals surface area contributed by atoms with Crippen molar-refractivity contribution >= 4 is 33.4 Å². The predicted octanol–water partition coefficient (Wildman–Crippen LogP) is 3.83. The molecule has 0 atom stereocenters. The SMILES string of the molecule is COC(=O)c1ccc(OC(=O)C2(S(=O)(=O)c3ccc(Cl)cc3)CCCC2)c(OC)c1. The minimum Gasteiger partial charge on any atom is -0.493 e. The maximum Gasteiger partial charge on any atom is 0.337 e. The first-order valence-corrected chi connectivity index (χ1v) is 11.1. The van der Waals surface area contributed by atoms with Crippen LogP contribution in [0.1, 0.15) is 36.0 Å². The number of rotatable bonds is 6. The van der Waals surface area contributed by atoms with Crippen molar-refractivity contribution < 1.29 is 32.2 Å². The molecule has 9 heteroatoms. The van der Waals surface area contributed by atoms with Gasteiger partial charge in [0.25, 0.3) is 0 Å². The normalized spacial score (nSPS) is 15.4. The third-order valence-corrected chi connectivity index (χ3v) is 7.96. The van der Waals surface area contributed by atoms with Gasteiger partial charge in [0.2, 0.25) is 0 Å². The van der Waals surface area contributed by atoms with Gasteiger partial charge in [-0.05, 0) is 55.3 Å². The average Bonchev–Trinajstić information content (AvgIpc) is 3.25. The highest BCUT2D eigenvalue weighted by atomic mass is 35.5. The molecule has 30 heavy (non-hydrogen) atoms. The molecule has 1 aliphatic rings. The maximum absolute atomic E-state index is 13.4. The maximum atomic E-state index is 13.4. The first kappa shape index (κ1) is 22.1. The molecule has 0 aromatic heterocycles. The van der Waals surface area contributed by atoms with Gasteiger partial charge in [0.1, 0.15) is 0 Å². The predicted molar refractivity (Wildman–Crippen MR) is 110 cm³/mol. The van der Waals surface area contributed by atoms with Crippen molar-refractivity contribution in [2.24, 2.45) is 0 Å². The number of esters is 2. The molecule has 1 saturated carbocycles. The molecular weight excluding hydrogens is 432 g/mol. The lowest BCUT2D eigenvalue weighted by Crippen LogP contribution is -2.46. The summed E-state index contributed by atoms with van der Waals surface area (Å²) in [7, 11) is -1.43. The van der Waals surface area contributed by atoms with Gasteiger partial charge in [0.15, 0.2) is 26.1 Å². The van der Waals surface area contributed by atoms with Crippen LogP contribution >= 0.6 is 11.6 Å². The van der Waals surface area contributed by atoms with Crippen LogP contribution in [0.15, 0.2) is 47.4 Å². The number of hydrogen-bond donors (Lipinski definition) is 0. The molecule has 0 N–H and O–H groups in total. The van der Waals surface area contributed by atoms with Crippen LogP contribution in [-0.2, 0) is 19.4 Å². The zero-order valence-electron chi connectivity index (χ0n) is 16.5. The molecule has 2 aromatic carbocycles. The van der Waals surface area contributed by atoms with Gasteiger partial charge in [-0.1, -0.05) is 24.4 Å². The highest BCUT2D eigenvalue weighted by Gasteiger charge is 2.54. The highest BCUT2D eigenvalue weighted by Crippen LogP contribution is 2.42. The van der Waals surface area contributed by atoms with Crippen LogP contribution < -0.4 is 9.47 Å². The largest absolute Gasteiger partial charge is 0.493 e. The van der Waals surface area contributed by atoms with Crippen molar-refractivity contribution in [3.8, 4) is 11.5 Å². The number of sulfone groups is 1. The number of halogens is 1. The smallest absolute Gasteiger partial charge is 0.337 e. The van der Waals surface area contributed by atoms with Crippen molar-refractivity contribution in [1.29, 1.82) is 0 Å². The Labute approximate surface area is 179 Å². The van der Waals surface area contributed by atoms with Gasteiger partial charge in [0.05, 0.1) is 24.7 Å². The van der Waals surface area contributed by atoms with E-state index in [0.29, 0.717) is 17.9 Å². The summed E-state index contributed by atoms with van der Waals surface area (Å²) in [4.78, 5) is 24.9. The molecule has 0 bridgehead atoms. The molecule has 7 nitrogen and oxygen atoms in total. The van der Waals surface area contributed by atoms with Crippen molar-refractivity contribution in [1.82, 2.24) is 0 Å². The third-order valence-electron chi connectivity index (χ3n) is 5.21. The minimum atomic E-state index is -4.03. The molecule has 0 aliphatic heterocycles. The van der Waals surface area contributed by atoms with Crippen LogP contribution in [0.2, 0.25) is 5.02 Å². The van der Waals surface area contributed by atoms with E-state index in [-0.39, 0.29) is 34.8 Å². The lowest BCUT2D eigenvalue weighted by molar-refractivity contribution is -0.137. The van der Waals surface area contributed by atoms with Crippen LogP contribution in [0.25, 0.3) is 0 Å². The number of ether oxygens (including phenoxy) is 3. The Hall–Kier alpha value is -2.58. The van der Waals surface area contributed by atoms with Crippen molar-refractivity contribution in [3.63, 3.8) is 0 Å². The van der Waals surface area contributed by atoms with Gasteiger partial charge in [-0.15, -0.1) is 0 Å². The summed E-state index contributed by atoms with van der Waals surface area (Å²) in [5.74, 6) is -1.32. The van der Waals surface area contributed by atoms with E-state index in [0.717, 1.165) is 0 Å². The van der Waals surface area contributed by atoms with E-state index in [2.05, 4.69) is 4.74 Å². The lowest BCUT2D eigenvalue weighted by atomic mass is 10.1. The lowest BCUT2D eigenvalue weighted by Gasteiger charge is -2.27. The Balaban J connectivity index is 1.97. The van der Waals surface area contributed by atoms with Crippen LogP contribution in [0.4, 0.5) is 0 Å². The second kappa shape index (κ2) is 8.65. The number of hydrogen-bond acceptors (Lipinski definition) is 7. The second-order valence-corrected chi connectivity index (χ2v) is 9.60. The van der Waals surface area contributed by atoms with Crippen LogP contribution in [0.3, 0.4) is 0 Å². The zero-order chi connectivity index (χ0) is 21.9. The molecule has 0 heterocycles. The standard InChI is InChI=1S/C21H21ClO7S/c1-27-18-13-14(19(23)28-2)5-10-17(18)29-20(24)21(11-3-4-12-21)30(25,26)16-8-6-15(22)7-9-16/h5-10,13H,3-4,11-12H2,1-2H3. The Morgan fingerprint density at radius 2 is 1.60 bits per heavy atom. The third kappa shape index (κ3) is 3.89. The highest BCUT2D eigenvalue weighted by molar-refractivity contribution is 7.93. The van der Waals surface area contributed by atoms with Gasteiger partial charge >= 0.3 is 11.9 Å². The number of carbonyl (C=O) groups is 2. The molecule has 0 radical (unpaired) electrons. The van der Waals surface area contributed by atoms with Gasteiger partial charge in [-0.2, -0.15) is 0 Å². The van der Waals surface area contributed by atoms with Crippen molar-refractivity contribution in [2.75, 3.05) is 14.2 Å². The van der Waals surface area contributed by atoms with E-state index in [1.807, 2.05) is 0 Å². The first-order valence-electron chi connectivity index (χ1n) is 9.24. The summed E-state index contributed by atoms with van der Waals surface area (Å²) >= 11 is 5.87. The quantitative estimate of drug-likeness (QED) is 0.485. The number of benzene rings is 2. The topological polar surface area (TPSA) is 96.0 Å². The fraction of sp³-hybridized carbons (Fsp3) is 0.333. The summed E-state index contributed by atoms with van der Waals surface area (Å²) in [5, 5.41) is 0.396. The zero-order valence-corrected chi connectivity index (χ0v) is 18.1. The van der Waals surface area contributed by atoms with Gasteiger partial charge in [0, 0.05) is 5.02 Å². The van der Waals surface area contributed by atoms with E-state index in [1.165, 1.54) is 56.7 Å². The van der Waals surface area contributed by atoms with Gasteiger partial charge < -0.3 is 14.2 Å². The molecule has 160 valence electrons. The summed E-state index contributed by atoms with van der Waals surface area (Å²) in [5.41, 5.74) is 0.207. The molecule has 0 unspecified atom stereocenters. The van der Waals surface area contributed by atoms with Crippen LogP contribution in [0, 0.1) is 0 Å². The van der Waals surface area contributed by atoms with E-state index in [9.17, 15) is 18.0 Å². The fourth-order valence-corrected chi connectivity index (χ4v) is 5.72. The Kier molecular flexibility index (Phi) is 6.38. The molecule has 3 rings (SSSR count). The first-order chi connectivity index (χ1) is 14.2. The monoisotopic (exact) mass is 452 g/mol. The van der Waals surface area contributed by atoms with Gasteiger partial charge in [-0.3, -0.25) is 0 Å². The molecule has 0 amide bonds. The average molecular weight is 453 g/mol. The summed E-state index contributed by atoms with van der Waals surface area (Å²) < 4.78 is 40.5. The molecule has 0 spiro atoms. The fourth-order valence-electron chi connectivity index (χ4n) is 3.56. The van der Waals surface area contributed by atoms with E-state index in [1.54, 1.807) is 0 Å². The van der Waals surface area contributed by atoms with Crippen molar-refractivity contribution in [3.05, 3.63) is 53.1 Å². The van der Waals surface area contributed by atoms with E-state index >= 15 is 0 Å². The molecule has 1 fully saturated rings. The second-order valence-electron chi connectivity index (χ2n) is 6.91. The number of methoxy groups -OCH3 is 2. The Morgan fingerprint density at radius 3 is 2.17 bits per heavy atom. The van der Waals surface area contributed by atoms with Gasteiger partial charge in [-0.25, -0.2) is 18.0 Å². The number of carbonyl (C=O) groups excluding carboxylic acids is 2. The molecule has 0 saturated heterocycles. The Morgan fingerprint density at radius 1 is 0.967 bits per heavy atom. The minimum absolute atomic E-state index is 0.0127. The summed E-state index contributed by atoms with van der Waals surface area (Å²) in [6.45, 7) is 0. The van der Waals surface area contributed by atoms with Crippen LogP contribution in [-0.4, -0.2) is 39.3 Å². The molecule has 2 aromatic rings. The summed E-state index contributed by atoms with van der Waals surface area (Å²) in [6, 6.07) is 9.86. The van der Waals surface area contributed by atoms with Crippen LogP contribution in [0.5, 0.6) is 11.5 Å².